The SMILES string of the molecule is CCC1CN(C(=O)c2ccc(F)cc2)CCC1CC(=O)Nc1ccccc1. The highest BCUT2D eigenvalue weighted by atomic mass is 19.1. The van der Waals surface area contributed by atoms with Crippen molar-refractivity contribution in [3.8, 4) is 0 Å². The van der Waals surface area contributed by atoms with Gasteiger partial charge in [0.1, 0.15) is 5.82 Å². The van der Waals surface area contributed by atoms with Crippen LogP contribution in [0.5, 0.6) is 0 Å². The highest BCUT2D eigenvalue weighted by Gasteiger charge is 2.32. The number of amides is 2. The van der Waals surface area contributed by atoms with Crippen molar-refractivity contribution < 1.29 is 14.0 Å². The molecule has 0 aliphatic carbocycles. The lowest BCUT2D eigenvalue weighted by Crippen LogP contribution is -2.44. The molecule has 0 bridgehead atoms. The lowest BCUT2D eigenvalue weighted by atomic mass is 9.81. The summed E-state index contributed by atoms with van der Waals surface area (Å²) >= 11 is 0. The second kappa shape index (κ2) is 8.80. The first-order chi connectivity index (χ1) is 13.1. The van der Waals surface area contributed by atoms with E-state index >= 15 is 0 Å². The van der Waals surface area contributed by atoms with Crippen molar-refractivity contribution in [2.24, 2.45) is 11.8 Å². The van der Waals surface area contributed by atoms with Crippen molar-refractivity contribution in [2.75, 3.05) is 18.4 Å². The molecule has 3 rings (SSSR count). The van der Waals surface area contributed by atoms with Gasteiger partial charge in [0.15, 0.2) is 0 Å². The van der Waals surface area contributed by atoms with E-state index < -0.39 is 0 Å². The number of para-hydroxylation sites is 1. The fourth-order valence-corrected chi connectivity index (χ4v) is 3.74. The summed E-state index contributed by atoms with van der Waals surface area (Å²) in [4.78, 5) is 26.9. The number of rotatable bonds is 5. The fraction of sp³-hybridized carbons (Fsp3) is 0.364. The Kier molecular flexibility index (Phi) is 6.22. The van der Waals surface area contributed by atoms with Gasteiger partial charge in [-0.05, 0) is 54.7 Å². The summed E-state index contributed by atoms with van der Waals surface area (Å²) in [6, 6.07) is 15.1. The molecule has 27 heavy (non-hydrogen) atoms. The molecule has 142 valence electrons. The van der Waals surface area contributed by atoms with Gasteiger partial charge in [0.25, 0.3) is 5.91 Å². The Morgan fingerprint density at radius 1 is 1.07 bits per heavy atom. The Balaban J connectivity index is 1.58. The van der Waals surface area contributed by atoms with Crippen LogP contribution in [-0.2, 0) is 4.79 Å². The van der Waals surface area contributed by atoms with Crippen LogP contribution in [0.25, 0.3) is 0 Å². The number of hydrogen-bond donors (Lipinski definition) is 1. The van der Waals surface area contributed by atoms with Crippen LogP contribution in [0.4, 0.5) is 10.1 Å². The molecule has 1 N–H and O–H groups in total. The summed E-state index contributed by atoms with van der Waals surface area (Å²) in [5.74, 6) is 0.144. The van der Waals surface area contributed by atoms with Crippen LogP contribution in [0.3, 0.4) is 0 Å². The largest absolute Gasteiger partial charge is 0.338 e. The van der Waals surface area contributed by atoms with E-state index in [1.54, 1.807) is 0 Å². The standard InChI is InChI=1S/C22H25FN2O2/c1-2-16-15-25(22(27)17-8-10-19(23)11-9-17)13-12-18(16)14-21(26)24-20-6-4-3-5-7-20/h3-11,16,18H,2,12-15H2,1H3,(H,24,26). The van der Waals surface area contributed by atoms with E-state index in [-0.39, 0.29) is 29.5 Å². The average Bonchev–Trinajstić information content (AvgIpc) is 2.69. The molecule has 0 spiro atoms. The Morgan fingerprint density at radius 3 is 2.44 bits per heavy atom. The van der Waals surface area contributed by atoms with E-state index in [1.165, 1.54) is 24.3 Å². The maximum atomic E-state index is 13.1. The first-order valence-electron chi connectivity index (χ1n) is 9.46. The number of nitrogens with zero attached hydrogens (tertiary/aromatic N) is 1. The molecular weight excluding hydrogens is 343 g/mol. The lowest BCUT2D eigenvalue weighted by Gasteiger charge is -2.38. The highest BCUT2D eigenvalue weighted by molar-refractivity contribution is 5.94. The number of carbonyl (C=O) groups excluding carboxylic acids is 2. The van der Waals surface area contributed by atoms with Gasteiger partial charge >= 0.3 is 0 Å². The summed E-state index contributed by atoms with van der Waals surface area (Å²) in [6.45, 7) is 3.35. The number of hydrogen-bond acceptors (Lipinski definition) is 2. The second-order valence-electron chi connectivity index (χ2n) is 7.09. The van der Waals surface area contributed by atoms with Crippen molar-refractivity contribution >= 4 is 17.5 Å². The molecule has 2 amide bonds. The minimum atomic E-state index is -0.346. The number of benzene rings is 2. The highest BCUT2D eigenvalue weighted by Crippen LogP contribution is 2.30. The zero-order chi connectivity index (χ0) is 19.2. The Morgan fingerprint density at radius 2 is 1.78 bits per heavy atom. The molecule has 2 aromatic carbocycles. The van der Waals surface area contributed by atoms with Crippen LogP contribution in [0, 0.1) is 17.7 Å². The summed E-state index contributed by atoms with van der Waals surface area (Å²) < 4.78 is 13.1. The number of likely N-dealkylation sites (tertiary alicyclic amines) is 1. The minimum Gasteiger partial charge on any atom is -0.338 e. The number of piperidine rings is 1. The van der Waals surface area contributed by atoms with Crippen LogP contribution >= 0.6 is 0 Å². The minimum absolute atomic E-state index is 0.0166. The average molecular weight is 368 g/mol. The van der Waals surface area contributed by atoms with E-state index in [1.807, 2.05) is 35.2 Å². The predicted octanol–water partition coefficient (Wildman–Crippen LogP) is 4.34. The first kappa shape index (κ1) is 19.1. The molecule has 0 aromatic heterocycles. The van der Waals surface area contributed by atoms with Gasteiger partial charge in [-0.2, -0.15) is 0 Å². The molecule has 1 aliphatic heterocycles. The number of anilines is 1. The van der Waals surface area contributed by atoms with E-state index in [0.29, 0.717) is 25.1 Å². The monoisotopic (exact) mass is 368 g/mol. The van der Waals surface area contributed by atoms with Gasteiger partial charge < -0.3 is 10.2 Å². The van der Waals surface area contributed by atoms with Crippen molar-refractivity contribution in [3.05, 3.63) is 66.0 Å². The summed E-state index contributed by atoms with van der Waals surface area (Å²) in [6.07, 6.45) is 2.18. The van der Waals surface area contributed by atoms with E-state index in [2.05, 4.69) is 12.2 Å². The lowest BCUT2D eigenvalue weighted by molar-refractivity contribution is -0.117. The van der Waals surface area contributed by atoms with Gasteiger partial charge in [-0.25, -0.2) is 4.39 Å². The van der Waals surface area contributed by atoms with Gasteiger partial charge in [0.05, 0.1) is 0 Å². The normalized spacial score (nSPS) is 19.6. The first-order valence-corrected chi connectivity index (χ1v) is 9.46. The molecule has 0 saturated carbocycles. The molecule has 1 saturated heterocycles. The third kappa shape index (κ3) is 4.94. The predicted molar refractivity (Wildman–Crippen MR) is 104 cm³/mol. The van der Waals surface area contributed by atoms with Crippen LogP contribution in [0.15, 0.2) is 54.6 Å². The quantitative estimate of drug-likeness (QED) is 0.853. The van der Waals surface area contributed by atoms with E-state index in [4.69, 9.17) is 0 Å². The molecule has 0 radical (unpaired) electrons. The van der Waals surface area contributed by atoms with E-state index in [0.717, 1.165) is 18.5 Å². The van der Waals surface area contributed by atoms with Crippen LogP contribution in [0.1, 0.15) is 36.5 Å². The molecule has 4 nitrogen and oxygen atoms in total. The molecule has 2 unspecified atom stereocenters. The van der Waals surface area contributed by atoms with Crippen LogP contribution in [0.2, 0.25) is 0 Å². The maximum absolute atomic E-state index is 13.1. The molecule has 5 heteroatoms. The Hall–Kier alpha value is -2.69. The zero-order valence-electron chi connectivity index (χ0n) is 15.5. The van der Waals surface area contributed by atoms with Gasteiger partial charge in [0, 0.05) is 30.8 Å². The smallest absolute Gasteiger partial charge is 0.253 e. The van der Waals surface area contributed by atoms with Crippen LogP contribution < -0.4 is 5.32 Å². The van der Waals surface area contributed by atoms with Gasteiger partial charge in [-0.15, -0.1) is 0 Å². The summed E-state index contributed by atoms with van der Waals surface area (Å²) in [5, 5.41) is 2.94. The topological polar surface area (TPSA) is 49.4 Å². The maximum Gasteiger partial charge on any atom is 0.253 e. The number of nitrogens with one attached hydrogen (secondary N) is 1. The van der Waals surface area contributed by atoms with Crippen molar-refractivity contribution in [3.63, 3.8) is 0 Å². The van der Waals surface area contributed by atoms with E-state index in [9.17, 15) is 14.0 Å². The molecule has 1 heterocycles. The van der Waals surface area contributed by atoms with Gasteiger partial charge in [0.2, 0.25) is 5.91 Å². The van der Waals surface area contributed by atoms with Crippen molar-refractivity contribution in [1.29, 1.82) is 0 Å². The second-order valence-corrected chi connectivity index (χ2v) is 7.09. The summed E-state index contributed by atoms with van der Waals surface area (Å²) in [5.41, 5.74) is 1.31. The molecule has 1 fully saturated rings. The van der Waals surface area contributed by atoms with Gasteiger partial charge in [-0.3, -0.25) is 9.59 Å². The van der Waals surface area contributed by atoms with Crippen molar-refractivity contribution in [2.45, 2.75) is 26.2 Å². The molecule has 2 aromatic rings. The number of carbonyl (C=O) groups is 2. The summed E-state index contributed by atoms with van der Waals surface area (Å²) in [7, 11) is 0. The van der Waals surface area contributed by atoms with Gasteiger partial charge in [-0.1, -0.05) is 31.5 Å². The van der Waals surface area contributed by atoms with Crippen molar-refractivity contribution in [1.82, 2.24) is 4.90 Å². The zero-order valence-corrected chi connectivity index (χ0v) is 15.5. The fourth-order valence-electron chi connectivity index (χ4n) is 3.74. The van der Waals surface area contributed by atoms with Crippen LogP contribution in [-0.4, -0.2) is 29.8 Å². The number of halogens is 1. The third-order valence-electron chi connectivity index (χ3n) is 5.30. The molecular formula is C22H25FN2O2. The molecule has 2 atom stereocenters. The Labute approximate surface area is 159 Å². The third-order valence-corrected chi connectivity index (χ3v) is 5.30. The Bertz CT molecular complexity index is 777. The molecule has 1 aliphatic rings.